The van der Waals surface area contributed by atoms with Gasteiger partial charge in [0.25, 0.3) is 0 Å². The van der Waals surface area contributed by atoms with Crippen molar-refractivity contribution in [2.75, 3.05) is 27.0 Å². The van der Waals surface area contributed by atoms with E-state index in [2.05, 4.69) is 15.9 Å². The summed E-state index contributed by atoms with van der Waals surface area (Å²) in [5, 5.41) is 0. The highest BCUT2D eigenvalue weighted by Gasteiger charge is 2.36. The third kappa shape index (κ3) is 4.49. The highest BCUT2D eigenvalue weighted by atomic mass is 79.9. The predicted molar refractivity (Wildman–Crippen MR) is 96.4 cm³/mol. The van der Waals surface area contributed by atoms with Gasteiger partial charge >= 0.3 is 0 Å². The van der Waals surface area contributed by atoms with E-state index in [-0.39, 0.29) is 5.91 Å². The molecule has 134 valence electrons. The molecule has 1 unspecified atom stereocenters. The zero-order chi connectivity index (χ0) is 17.9. The molecule has 8 heteroatoms. The second-order valence-electron chi connectivity index (χ2n) is 6.04. The SMILES string of the molecule is COc1ccc(Br)cc1CN(C)C(=O)C1CCCCN1S(C)(=O)=O. The van der Waals surface area contributed by atoms with Gasteiger partial charge in [0.05, 0.1) is 13.4 Å². The Labute approximate surface area is 151 Å². The lowest BCUT2D eigenvalue weighted by Gasteiger charge is -2.35. The topological polar surface area (TPSA) is 66.9 Å². The molecule has 0 spiro atoms. The van der Waals surface area contributed by atoms with Crippen LogP contribution < -0.4 is 4.74 Å². The zero-order valence-corrected chi connectivity index (χ0v) is 16.6. The molecule has 0 saturated carbocycles. The Balaban J connectivity index is 2.18. The minimum atomic E-state index is -3.39. The van der Waals surface area contributed by atoms with Crippen molar-refractivity contribution in [3.8, 4) is 5.75 Å². The molecular weight excluding hydrogens is 396 g/mol. The molecule has 1 heterocycles. The van der Waals surface area contributed by atoms with Crippen LogP contribution in [-0.4, -0.2) is 56.5 Å². The number of benzene rings is 1. The second kappa shape index (κ2) is 7.84. The molecule has 0 radical (unpaired) electrons. The number of hydrogen-bond acceptors (Lipinski definition) is 4. The number of carbonyl (C=O) groups excluding carboxylic acids is 1. The van der Waals surface area contributed by atoms with E-state index in [1.54, 1.807) is 19.1 Å². The van der Waals surface area contributed by atoms with Gasteiger partial charge in [-0.15, -0.1) is 0 Å². The summed E-state index contributed by atoms with van der Waals surface area (Å²) in [6, 6.07) is 4.99. The maximum absolute atomic E-state index is 12.8. The van der Waals surface area contributed by atoms with Crippen molar-refractivity contribution in [3.05, 3.63) is 28.2 Å². The third-order valence-corrected chi connectivity index (χ3v) is 5.97. The Morgan fingerprint density at radius 2 is 2.12 bits per heavy atom. The van der Waals surface area contributed by atoms with Gasteiger partial charge in [-0.1, -0.05) is 22.4 Å². The summed E-state index contributed by atoms with van der Waals surface area (Å²) >= 11 is 3.42. The van der Waals surface area contributed by atoms with Crippen LogP contribution in [0.1, 0.15) is 24.8 Å². The summed E-state index contributed by atoms with van der Waals surface area (Å²) in [6.45, 7) is 0.763. The lowest BCUT2D eigenvalue weighted by Crippen LogP contribution is -2.51. The summed E-state index contributed by atoms with van der Waals surface area (Å²) in [5.41, 5.74) is 0.865. The standard InChI is InChI=1S/C16H23BrN2O4S/c1-18(11-12-10-13(17)7-8-15(12)23-2)16(20)14-6-4-5-9-19(14)24(3,21)22/h7-8,10,14H,4-6,9,11H2,1-3H3. The first-order valence-electron chi connectivity index (χ1n) is 7.78. The number of rotatable bonds is 5. The van der Waals surface area contributed by atoms with Crippen molar-refractivity contribution in [1.29, 1.82) is 0 Å². The Bertz CT molecular complexity index is 708. The van der Waals surface area contributed by atoms with E-state index in [1.807, 2.05) is 18.2 Å². The third-order valence-electron chi connectivity index (χ3n) is 4.19. The van der Waals surface area contributed by atoms with E-state index in [1.165, 1.54) is 4.31 Å². The number of amides is 1. The van der Waals surface area contributed by atoms with E-state index in [4.69, 9.17) is 4.74 Å². The molecule has 0 aromatic heterocycles. The average Bonchev–Trinajstić information content (AvgIpc) is 2.53. The molecule has 0 aliphatic carbocycles. The van der Waals surface area contributed by atoms with E-state index in [9.17, 15) is 13.2 Å². The Morgan fingerprint density at radius 1 is 1.42 bits per heavy atom. The van der Waals surface area contributed by atoms with Crippen LogP contribution in [0.4, 0.5) is 0 Å². The van der Waals surface area contributed by atoms with Gasteiger partial charge in [0.2, 0.25) is 15.9 Å². The minimum Gasteiger partial charge on any atom is -0.496 e. The number of halogens is 1. The number of piperidine rings is 1. The molecule has 0 N–H and O–H groups in total. The molecular formula is C16H23BrN2O4S. The quantitative estimate of drug-likeness (QED) is 0.734. The normalized spacial score (nSPS) is 19.1. The van der Waals surface area contributed by atoms with Gasteiger partial charge in [0.1, 0.15) is 11.8 Å². The van der Waals surface area contributed by atoms with Crippen molar-refractivity contribution >= 4 is 31.9 Å². The lowest BCUT2D eigenvalue weighted by molar-refractivity contribution is -0.135. The number of nitrogens with zero attached hydrogens (tertiary/aromatic N) is 2. The highest BCUT2D eigenvalue weighted by molar-refractivity contribution is 9.10. The molecule has 1 aromatic rings. The van der Waals surface area contributed by atoms with Crippen LogP contribution in [0.15, 0.2) is 22.7 Å². The smallest absolute Gasteiger partial charge is 0.241 e. The monoisotopic (exact) mass is 418 g/mol. The molecule has 1 atom stereocenters. The summed E-state index contributed by atoms with van der Waals surface area (Å²) in [5.74, 6) is 0.517. The fourth-order valence-electron chi connectivity index (χ4n) is 3.01. The van der Waals surface area contributed by atoms with E-state index < -0.39 is 16.1 Å². The van der Waals surface area contributed by atoms with E-state index in [0.29, 0.717) is 25.3 Å². The maximum atomic E-state index is 12.8. The molecule has 24 heavy (non-hydrogen) atoms. The Kier molecular flexibility index (Phi) is 6.28. The van der Waals surface area contributed by atoms with Gasteiger partial charge in [-0.25, -0.2) is 8.42 Å². The number of hydrogen-bond donors (Lipinski definition) is 0. The molecule has 1 aromatic carbocycles. The zero-order valence-electron chi connectivity index (χ0n) is 14.2. The van der Waals surface area contributed by atoms with Gasteiger partial charge in [-0.05, 0) is 31.0 Å². The Hall–Kier alpha value is -1.12. The van der Waals surface area contributed by atoms with Crippen LogP contribution in [0.2, 0.25) is 0 Å². The van der Waals surface area contributed by atoms with E-state index >= 15 is 0 Å². The van der Waals surface area contributed by atoms with Gasteiger partial charge in [0.15, 0.2) is 0 Å². The van der Waals surface area contributed by atoms with Crippen molar-refractivity contribution in [3.63, 3.8) is 0 Å². The van der Waals surface area contributed by atoms with Crippen molar-refractivity contribution in [2.24, 2.45) is 0 Å². The lowest BCUT2D eigenvalue weighted by atomic mass is 10.0. The number of carbonyl (C=O) groups is 1. The van der Waals surface area contributed by atoms with Gasteiger partial charge in [-0.3, -0.25) is 4.79 Å². The Morgan fingerprint density at radius 3 is 2.75 bits per heavy atom. The molecule has 1 amide bonds. The summed E-state index contributed by atoms with van der Waals surface area (Å²) in [4.78, 5) is 14.4. The first-order valence-corrected chi connectivity index (χ1v) is 10.4. The predicted octanol–water partition coefficient (Wildman–Crippen LogP) is 2.23. The van der Waals surface area contributed by atoms with Crippen molar-refractivity contribution in [2.45, 2.75) is 31.8 Å². The first-order chi connectivity index (χ1) is 11.2. The maximum Gasteiger partial charge on any atom is 0.241 e. The van der Waals surface area contributed by atoms with Crippen molar-refractivity contribution < 1.29 is 17.9 Å². The van der Waals surface area contributed by atoms with Gasteiger partial charge in [-0.2, -0.15) is 4.31 Å². The molecule has 1 aliphatic rings. The van der Waals surface area contributed by atoms with Crippen LogP contribution >= 0.6 is 15.9 Å². The first kappa shape index (κ1) is 19.2. The van der Waals surface area contributed by atoms with Gasteiger partial charge in [0, 0.05) is 30.2 Å². The van der Waals surface area contributed by atoms with Crippen molar-refractivity contribution in [1.82, 2.24) is 9.21 Å². The molecule has 6 nitrogen and oxygen atoms in total. The summed E-state index contributed by atoms with van der Waals surface area (Å²) in [6.07, 6.45) is 3.37. The molecule has 1 saturated heterocycles. The molecule has 2 rings (SSSR count). The average molecular weight is 419 g/mol. The highest BCUT2D eigenvalue weighted by Crippen LogP contribution is 2.26. The fraction of sp³-hybridized carbons (Fsp3) is 0.562. The number of sulfonamides is 1. The second-order valence-corrected chi connectivity index (χ2v) is 8.89. The van der Waals surface area contributed by atoms with Crippen LogP contribution in [0.5, 0.6) is 5.75 Å². The number of methoxy groups -OCH3 is 1. The fourth-order valence-corrected chi connectivity index (χ4v) is 4.53. The van der Waals surface area contributed by atoms with Crippen LogP contribution in [-0.2, 0) is 21.4 Å². The summed E-state index contributed by atoms with van der Waals surface area (Å²) < 4.78 is 31.5. The molecule has 1 aliphatic heterocycles. The summed E-state index contributed by atoms with van der Waals surface area (Å²) in [7, 11) is -0.116. The number of ether oxygens (including phenoxy) is 1. The number of likely N-dealkylation sites (N-methyl/N-ethyl adjacent to an activating group) is 1. The van der Waals surface area contributed by atoms with E-state index in [0.717, 1.165) is 29.1 Å². The molecule has 0 bridgehead atoms. The molecule has 1 fully saturated rings. The van der Waals surface area contributed by atoms with Gasteiger partial charge < -0.3 is 9.64 Å². The van der Waals surface area contributed by atoms with Crippen LogP contribution in [0.25, 0.3) is 0 Å². The minimum absolute atomic E-state index is 0.179. The largest absolute Gasteiger partial charge is 0.496 e. The van der Waals surface area contributed by atoms with Crippen LogP contribution in [0.3, 0.4) is 0 Å². The van der Waals surface area contributed by atoms with Crippen LogP contribution in [0, 0.1) is 0 Å².